The van der Waals surface area contributed by atoms with Crippen molar-refractivity contribution in [2.75, 3.05) is 33.9 Å². The van der Waals surface area contributed by atoms with E-state index < -0.39 is 23.9 Å². The largest absolute Gasteiger partial charge is 0.496 e. The molecule has 4 amide bonds. The molecule has 5 rings (SSSR count). The Kier molecular flexibility index (Phi) is 11.7. The molecule has 3 aromatic carbocycles. The van der Waals surface area contributed by atoms with Crippen LogP contribution >= 0.6 is 0 Å². The van der Waals surface area contributed by atoms with Crippen molar-refractivity contribution >= 4 is 23.6 Å². The Bertz CT molecular complexity index is 1680. The van der Waals surface area contributed by atoms with E-state index in [2.05, 4.69) is 21.3 Å². The smallest absolute Gasteiger partial charge is 0.251 e. The second kappa shape index (κ2) is 16.3. The standard InChI is InChI=1S/C37H45N5O7/c1-23(2)34-36(45)40-21-27-29(47-3)12-9-13-30(27)49-32-19-25(14-15-31(32)48-4)35(44)38-16-7-8-17-42(22-33(43)41-34)37(46)28-18-24-10-5-6-11-26(24)20-39-28/h5-6,9-15,19,23,28,34,39H,7-8,16-18,20-22H2,1-4H3,(H,38,44)(H,40,45)(H,41,43)/t28-,34-/m1/s1. The zero-order valence-corrected chi connectivity index (χ0v) is 28.5. The Balaban J connectivity index is 1.42. The van der Waals surface area contributed by atoms with Gasteiger partial charge in [-0.2, -0.15) is 0 Å². The van der Waals surface area contributed by atoms with Gasteiger partial charge in [0.15, 0.2) is 11.5 Å². The first-order chi connectivity index (χ1) is 23.7. The van der Waals surface area contributed by atoms with Crippen LogP contribution in [-0.4, -0.2) is 74.5 Å². The molecule has 4 N–H and O–H groups in total. The van der Waals surface area contributed by atoms with Crippen molar-refractivity contribution < 1.29 is 33.4 Å². The van der Waals surface area contributed by atoms with Crippen LogP contribution in [-0.2, 0) is 33.9 Å². The molecule has 2 aliphatic rings. The Labute approximate surface area is 286 Å². The van der Waals surface area contributed by atoms with E-state index in [9.17, 15) is 19.2 Å². The SMILES string of the molecule is COc1ccc2cc1Oc1cccc(OC)c1CNC(=O)[C@@H](C(C)C)NC(=O)CN(C(=O)[C@H]1Cc3ccccc3CN1)CCCCNC2=O. The lowest BCUT2D eigenvalue weighted by Gasteiger charge is -2.31. The monoisotopic (exact) mass is 671 g/mol. The molecule has 0 unspecified atom stereocenters. The van der Waals surface area contributed by atoms with Gasteiger partial charge in [-0.3, -0.25) is 19.2 Å². The van der Waals surface area contributed by atoms with E-state index in [1.54, 1.807) is 41.3 Å². The molecule has 0 spiro atoms. The molecule has 0 aromatic heterocycles. The molecule has 12 heteroatoms. The maximum absolute atomic E-state index is 13.9. The number of nitrogens with one attached hydrogen (secondary N) is 4. The second-order valence-electron chi connectivity index (χ2n) is 12.5. The van der Waals surface area contributed by atoms with Gasteiger partial charge < -0.3 is 40.4 Å². The van der Waals surface area contributed by atoms with Gasteiger partial charge in [0.25, 0.3) is 5.91 Å². The van der Waals surface area contributed by atoms with Crippen LogP contribution in [0.3, 0.4) is 0 Å². The zero-order valence-electron chi connectivity index (χ0n) is 28.5. The van der Waals surface area contributed by atoms with Crippen LogP contribution in [0, 0.1) is 5.92 Å². The maximum atomic E-state index is 13.9. The summed E-state index contributed by atoms with van der Waals surface area (Å²) < 4.78 is 17.4. The lowest BCUT2D eigenvalue weighted by Crippen LogP contribution is -2.55. The lowest BCUT2D eigenvalue weighted by atomic mass is 9.95. The van der Waals surface area contributed by atoms with Gasteiger partial charge in [-0.25, -0.2) is 0 Å². The van der Waals surface area contributed by atoms with Crippen molar-refractivity contribution in [3.63, 3.8) is 0 Å². The minimum Gasteiger partial charge on any atom is -0.496 e. The molecule has 2 atom stereocenters. The number of rotatable bonds is 4. The second-order valence-corrected chi connectivity index (χ2v) is 12.5. The van der Waals surface area contributed by atoms with Gasteiger partial charge in [0.1, 0.15) is 17.5 Å². The summed E-state index contributed by atoms with van der Waals surface area (Å²) in [5.74, 6) is 0.0431. The maximum Gasteiger partial charge on any atom is 0.251 e. The summed E-state index contributed by atoms with van der Waals surface area (Å²) in [4.78, 5) is 55.6. The minimum absolute atomic E-state index is 0.0270. The van der Waals surface area contributed by atoms with Crippen molar-refractivity contribution in [1.29, 1.82) is 0 Å². The third kappa shape index (κ3) is 8.69. The van der Waals surface area contributed by atoms with E-state index in [0.717, 1.165) is 11.1 Å². The highest BCUT2D eigenvalue weighted by atomic mass is 16.5. The van der Waals surface area contributed by atoms with E-state index in [0.29, 0.717) is 73.0 Å². The number of fused-ring (bicyclic) bond motifs is 4. The van der Waals surface area contributed by atoms with Crippen LogP contribution < -0.4 is 35.5 Å². The molecule has 2 aliphatic heterocycles. The molecule has 12 nitrogen and oxygen atoms in total. The average Bonchev–Trinajstić information content (AvgIpc) is 3.11. The predicted molar refractivity (Wildman–Crippen MR) is 184 cm³/mol. The number of carbonyl (C=O) groups is 4. The summed E-state index contributed by atoms with van der Waals surface area (Å²) in [6.07, 6.45) is 1.63. The first kappa shape index (κ1) is 35.2. The summed E-state index contributed by atoms with van der Waals surface area (Å²) in [5, 5.41) is 12.1. The molecular weight excluding hydrogens is 626 g/mol. The topological polar surface area (TPSA) is 147 Å². The predicted octanol–water partition coefficient (Wildman–Crippen LogP) is 3.32. The van der Waals surface area contributed by atoms with Crippen LogP contribution in [0.25, 0.3) is 0 Å². The molecule has 260 valence electrons. The minimum atomic E-state index is -0.860. The third-order valence-corrected chi connectivity index (χ3v) is 8.83. The van der Waals surface area contributed by atoms with Crippen molar-refractivity contribution in [2.45, 2.75) is 58.3 Å². The highest BCUT2D eigenvalue weighted by molar-refractivity contribution is 5.95. The van der Waals surface area contributed by atoms with Gasteiger partial charge in [0, 0.05) is 25.2 Å². The fraction of sp³-hybridized carbons (Fsp3) is 0.405. The van der Waals surface area contributed by atoms with Crippen molar-refractivity contribution in [2.24, 2.45) is 5.92 Å². The van der Waals surface area contributed by atoms with Crippen molar-refractivity contribution in [1.82, 2.24) is 26.2 Å². The van der Waals surface area contributed by atoms with E-state index >= 15 is 0 Å². The Hall–Kier alpha value is -5.10. The molecular formula is C37H45N5O7. The number of nitrogens with zero attached hydrogens (tertiary/aromatic N) is 1. The Morgan fingerprint density at radius 1 is 0.878 bits per heavy atom. The lowest BCUT2D eigenvalue weighted by molar-refractivity contribution is -0.139. The summed E-state index contributed by atoms with van der Waals surface area (Å²) in [6, 6.07) is 16.8. The highest BCUT2D eigenvalue weighted by Gasteiger charge is 2.31. The van der Waals surface area contributed by atoms with Crippen LogP contribution in [0.4, 0.5) is 0 Å². The van der Waals surface area contributed by atoms with Crippen LogP contribution in [0.2, 0.25) is 0 Å². The van der Waals surface area contributed by atoms with E-state index in [4.69, 9.17) is 14.2 Å². The number of ether oxygens (including phenoxy) is 3. The van der Waals surface area contributed by atoms with Gasteiger partial charge >= 0.3 is 0 Å². The van der Waals surface area contributed by atoms with Gasteiger partial charge in [-0.15, -0.1) is 0 Å². The number of benzene rings is 3. The Morgan fingerprint density at radius 2 is 1.65 bits per heavy atom. The number of amides is 4. The molecule has 49 heavy (non-hydrogen) atoms. The normalized spacial score (nSPS) is 19.3. The molecule has 0 radical (unpaired) electrons. The molecule has 0 aliphatic carbocycles. The van der Waals surface area contributed by atoms with E-state index in [1.165, 1.54) is 14.2 Å². The average molecular weight is 672 g/mol. The Morgan fingerprint density at radius 3 is 2.41 bits per heavy atom. The van der Waals surface area contributed by atoms with Crippen LogP contribution in [0.5, 0.6) is 23.0 Å². The molecule has 2 heterocycles. The van der Waals surface area contributed by atoms with E-state index in [-0.39, 0.29) is 30.8 Å². The summed E-state index contributed by atoms with van der Waals surface area (Å²) in [7, 11) is 3.03. The summed E-state index contributed by atoms with van der Waals surface area (Å²) in [5.41, 5.74) is 3.17. The number of carbonyl (C=O) groups excluding carboxylic acids is 4. The summed E-state index contributed by atoms with van der Waals surface area (Å²) in [6.45, 7) is 4.73. The third-order valence-electron chi connectivity index (χ3n) is 8.83. The van der Waals surface area contributed by atoms with Crippen LogP contribution in [0.1, 0.15) is 53.7 Å². The van der Waals surface area contributed by atoms with Gasteiger partial charge in [-0.1, -0.05) is 44.2 Å². The molecule has 3 aromatic rings. The van der Waals surface area contributed by atoms with Crippen molar-refractivity contribution in [3.8, 4) is 23.0 Å². The highest BCUT2D eigenvalue weighted by Crippen LogP contribution is 2.37. The molecule has 2 bridgehead atoms. The number of methoxy groups -OCH3 is 2. The summed E-state index contributed by atoms with van der Waals surface area (Å²) >= 11 is 0. The van der Waals surface area contributed by atoms with Gasteiger partial charge in [-0.05, 0) is 66.6 Å². The van der Waals surface area contributed by atoms with Crippen molar-refractivity contribution in [3.05, 3.63) is 82.9 Å². The first-order valence-corrected chi connectivity index (χ1v) is 16.6. The molecule has 0 saturated heterocycles. The first-order valence-electron chi connectivity index (χ1n) is 16.6. The molecule has 0 fully saturated rings. The molecule has 0 saturated carbocycles. The van der Waals surface area contributed by atoms with E-state index in [1.807, 2.05) is 38.1 Å². The quantitative estimate of drug-likeness (QED) is 0.331. The fourth-order valence-electron chi connectivity index (χ4n) is 6.08. The van der Waals surface area contributed by atoms with Gasteiger partial charge in [0.2, 0.25) is 17.7 Å². The number of hydrogen-bond donors (Lipinski definition) is 4. The van der Waals surface area contributed by atoms with Gasteiger partial charge in [0.05, 0.1) is 38.9 Å². The zero-order chi connectivity index (χ0) is 34.9. The van der Waals surface area contributed by atoms with Crippen LogP contribution in [0.15, 0.2) is 60.7 Å². The number of hydrogen-bond acceptors (Lipinski definition) is 8. The fourth-order valence-corrected chi connectivity index (χ4v) is 6.08.